The molecule has 2 aromatic heterocycles. The molecule has 4 aromatic rings. The van der Waals surface area contributed by atoms with Crippen LogP contribution in [0, 0.1) is 6.92 Å². The summed E-state index contributed by atoms with van der Waals surface area (Å²) in [6.45, 7) is 1.98. The summed E-state index contributed by atoms with van der Waals surface area (Å²) in [7, 11) is 3.17. The molecule has 0 bridgehead atoms. The van der Waals surface area contributed by atoms with Crippen LogP contribution in [0.4, 0.5) is 5.69 Å². The Bertz CT molecular complexity index is 1300. The molecule has 0 atom stereocenters. The number of hydrogen-bond donors (Lipinski definition) is 1. The molecule has 2 amide bonds. The second-order valence-electron chi connectivity index (χ2n) is 7.34. The van der Waals surface area contributed by atoms with Crippen LogP contribution in [0.2, 0.25) is 0 Å². The van der Waals surface area contributed by atoms with Crippen LogP contribution in [-0.4, -0.2) is 57.8 Å². The Hall–Kier alpha value is -3.59. The topological polar surface area (TPSA) is 88.8 Å². The molecule has 2 heterocycles. The number of anilines is 1. The minimum Gasteiger partial charge on any atom is -0.497 e. The van der Waals surface area contributed by atoms with E-state index in [4.69, 9.17) is 4.74 Å². The highest BCUT2D eigenvalue weighted by Crippen LogP contribution is 2.25. The van der Waals surface area contributed by atoms with Crippen LogP contribution in [0.25, 0.3) is 16.6 Å². The number of thioether (sulfide) groups is 1. The minimum atomic E-state index is -0.284. The van der Waals surface area contributed by atoms with Crippen molar-refractivity contribution in [2.75, 3.05) is 31.8 Å². The molecule has 0 saturated heterocycles. The molecule has 0 spiro atoms. The molecule has 8 nitrogen and oxygen atoms in total. The summed E-state index contributed by atoms with van der Waals surface area (Å²) < 4.78 is 7.11. The van der Waals surface area contributed by atoms with Gasteiger partial charge in [-0.1, -0.05) is 36.0 Å². The molecule has 0 fully saturated rings. The van der Waals surface area contributed by atoms with E-state index >= 15 is 0 Å². The summed E-state index contributed by atoms with van der Waals surface area (Å²) in [4.78, 5) is 26.4. The Balaban J connectivity index is 1.40. The molecule has 32 heavy (non-hydrogen) atoms. The highest BCUT2D eigenvalue weighted by atomic mass is 32.2. The monoisotopic (exact) mass is 449 g/mol. The summed E-state index contributed by atoms with van der Waals surface area (Å²) in [6.07, 6.45) is 0. The van der Waals surface area contributed by atoms with Crippen molar-refractivity contribution in [3.63, 3.8) is 0 Å². The van der Waals surface area contributed by atoms with Crippen molar-refractivity contribution in [1.29, 1.82) is 0 Å². The number of fused-ring (bicyclic) bond motifs is 3. The highest BCUT2D eigenvalue weighted by Gasteiger charge is 2.17. The number of methoxy groups -OCH3 is 1. The Labute approximate surface area is 189 Å². The number of pyridine rings is 1. The fraction of sp³-hybridized carbons (Fsp3) is 0.217. The maximum Gasteiger partial charge on any atom is 0.243 e. The zero-order valence-electron chi connectivity index (χ0n) is 18.0. The number of hydrogen-bond acceptors (Lipinski definition) is 6. The van der Waals surface area contributed by atoms with E-state index in [1.165, 1.54) is 16.7 Å². The number of carbonyl (C=O) groups is 2. The van der Waals surface area contributed by atoms with E-state index in [0.29, 0.717) is 16.6 Å². The lowest BCUT2D eigenvalue weighted by atomic mass is 10.1. The lowest BCUT2D eigenvalue weighted by Crippen LogP contribution is -2.36. The van der Waals surface area contributed by atoms with Gasteiger partial charge in [-0.05, 0) is 36.8 Å². The number of ether oxygens (including phenoxy) is 1. The molecule has 164 valence electrons. The number of aryl methyl sites for hydroxylation is 1. The summed E-state index contributed by atoms with van der Waals surface area (Å²) in [5.41, 5.74) is 3.47. The maximum absolute atomic E-state index is 12.6. The summed E-state index contributed by atoms with van der Waals surface area (Å²) in [6, 6.07) is 17.1. The van der Waals surface area contributed by atoms with Crippen LogP contribution in [0.1, 0.15) is 5.56 Å². The molecule has 0 unspecified atom stereocenters. The Morgan fingerprint density at radius 2 is 1.94 bits per heavy atom. The summed E-state index contributed by atoms with van der Waals surface area (Å²) in [5, 5.41) is 13.0. The molecule has 0 aliphatic rings. The highest BCUT2D eigenvalue weighted by molar-refractivity contribution is 7.99. The van der Waals surface area contributed by atoms with E-state index in [0.717, 1.165) is 22.1 Å². The first-order chi connectivity index (χ1) is 15.5. The third-order valence-electron chi connectivity index (χ3n) is 5.06. The predicted molar refractivity (Wildman–Crippen MR) is 125 cm³/mol. The summed E-state index contributed by atoms with van der Waals surface area (Å²) >= 11 is 1.30. The van der Waals surface area contributed by atoms with Gasteiger partial charge < -0.3 is 15.0 Å². The molecule has 9 heteroatoms. The Morgan fingerprint density at radius 3 is 2.75 bits per heavy atom. The minimum absolute atomic E-state index is 0.0562. The smallest absolute Gasteiger partial charge is 0.243 e. The summed E-state index contributed by atoms with van der Waals surface area (Å²) in [5.74, 6) is 0.329. The van der Waals surface area contributed by atoms with E-state index in [1.807, 2.05) is 35.6 Å². The number of para-hydroxylation sites is 1. The molecular weight excluding hydrogens is 426 g/mol. The van der Waals surface area contributed by atoms with Gasteiger partial charge in [-0.3, -0.25) is 14.0 Å². The Kier molecular flexibility index (Phi) is 6.27. The van der Waals surface area contributed by atoms with E-state index in [1.54, 1.807) is 38.4 Å². The van der Waals surface area contributed by atoms with E-state index in [9.17, 15) is 9.59 Å². The second-order valence-corrected chi connectivity index (χ2v) is 8.28. The average molecular weight is 450 g/mol. The first-order valence-electron chi connectivity index (χ1n) is 10.0. The second kappa shape index (κ2) is 9.27. The molecule has 0 aliphatic carbocycles. The van der Waals surface area contributed by atoms with Crippen molar-refractivity contribution in [1.82, 2.24) is 19.5 Å². The molecule has 0 aliphatic heterocycles. The standard InChI is InChI=1S/C23H23N5O3S/c1-15-11-20-25-26-23(28(20)19-10-5-4-9-18(15)19)32-14-22(30)27(2)13-21(29)24-16-7-6-8-17(12-16)31-3/h4-12H,13-14H2,1-3H3,(H,24,29). The van der Waals surface area contributed by atoms with E-state index in [-0.39, 0.29) is 24.1 Å². The number of aromatic nitrogens is 3. The van der Waals surface area contributed by atoms with Gasteiger partial charge in [0, 0.05) is 24.2 Å². The quantitative estimate of drug-likeness (QED) is 0.435. The van der Waals surface area contributed by atoms with Crippen molar-refractivity contribution in [2.45, 2.75) is 12.1 Å². The average Bonchev–Trinajstić information content (AvgIpc) is 3.20. The molecule has 2 aromatic carbocycles. The van der Waals surface area contributed by atoms with Crippen LogP contribution in [0.3, 0.4) is 0 Å². The van der Waals surface area contributed by atoms with Crippen LogP contribution >= 0.6 is 11.8 Å². The first kappa shape index (κ1) is 21.6. The molecule has 4 rings (SSSR count). The van der Waals surface area contributed by atoms with Crippen molar-refractivity contribution < 1.29 is 14.3 Å². The number of benzene rings is 2. The SMILES string of the molecule is COc1cccc(NC(=O)CN(C)C(=O)CSc2nnc3cc(C)c4ccccc4n23)c1. The van der Waals surface area contributed by atoms with Gasteiger partial charge >= 0.3 is 0 Å². The number of likely N-dealkylation sites (N-methyl/N-ethyl adjacent to an activating group) is 1. The zero-order valence-corrected chi connectivity index (χ0v) is 18.8. The lowest BCUT2D eigenvalue weighted by Gasteiger charge is -2.16. The molecule has 0 radical (unpaired) electrons. The van der Waals surface area contributed by atoms with Gasteiger partial charge in [0.05, 0.1) is 24.9 Å². The van der Waals surface area contributed by atoms with Gasteiger partial charge in [0.25, 0.3) is 0 Å². The fourth-order valence-corrected chi connectivity index (χ4v) is 4.30. The van der Waals surface area contributed by atoms with Gasteiger partial charge in [0.1, 0.15) is 5.75 Å². The van der Waals surface area contributed by atoms with E-state index in [2.05, 4.69) is 21.6 Å². The number of nitrogens with zero attached hydrogens (tertiary/aromatic N) is 4. The van der Waals surface area contributed by atoms with Gasteiger partial charge in [-0.2, -0.15) is 0 Å². The lowest BCUT2D eigenvalue weighted by molar-refractivity contribution is -0.131. The van der Waals surface area contributed by atoms with Crippen molar-refractivity contribution in [3.8, 4) is 5.75 Å². The van der Waals surface area contributed by atoms with E-state index < -0.39 is 0 Å². The molecule has 0 saturated carbocycles. The first-order valence-corrected chi connectivity index (χ1v) is 11.0. The van der Waals surface area contributed by atoms with Crippen LogP contribution in [0.5, 0.6) is 5.75 Å². The van der Waals surface area contributed by atoms with Crippen LogP contribution < -0.4 is 10.1 Å². The fourth-order valence-electron chi connectivity index (χ4n) is 3.41. The largest absolute Gasteiger partial charge is 0.497 e. The maximum atomic E-state index is 12.6. The Morgan fingerprint density at radius 1 is 1.12 bits per heavy atom. The normalized spacial score (nSPS) is 11.0. The predicted octanol–water partition coefficient (Wildman–Crippen LogP) is 3.39. The van der Waals surface area contributed by atoms with Crippen molar-refractivity contribution >= 4 is 45.8 Å². The molecular formula is C23H23N5O3S. The number of nitrogens with one attached hydrogen (secondary N) is 1. The third-order valence-corrected chi connectivity index (χ3v) is 5.97. The van der Waals surface area contributed by atoms with Crippen LogP contribution in [-0.2, 0) is 9.59 Å². The number of amides is 2. The third kappa shape index (κ3) is 4.52. The van der Waals surface area contributed by atoms with Crippen molar-refractivity contribution in [2.24, 2.45) is 0 Å². The van der Waals surface area contributed by atoms with Gasteiger partial charge in [-0.15, -0.1) is 10.2 Å². The zero-order chi connectivity index (χ0) is 22.7. The van der Waals surface area contributed by atoms with Gasteiger partial charge in [-0.25, -0.2) is 0 Å². The number of carbonyl (C=O) groups excluding carboxylic acids is 2. The van der Waals surface area contributed by atoms with Crippen molar-refractivity contribution in [3.05, 3.63) is 60.2 Å². The van der Waals surface area contributed by atoms with Gasteiger partial charge in [0.15, 0.2) is 10.8 Å². The molecule has 1 N–H and O–H groups in total. The van der Waals surface area contributed by atoms with Crippen LogP contribution in [0.15, 0.2) is 59.8 Å². The number of rotatable bonds is 7. The van der Waals surface area contributed by atoms with Gasteiger partial charge in [0.2, 0.25) is 11.8 Å².